The van der Waals surface area contributed by atoms with Crippen LogP contribution in [0.5, 0.6) is 0 Å². The van der Waals surface area contributed by atoms with Crippen molar-refractivity contribution in [2.45, 2.75) is 103 Å². The molecule has 1 aliphatic carbocycles. The van der Waals surface area contributed by atoms with Gasteiger partial charge in [-0.05, 0) is 38.0 Å². The summed E-state index contributed by atoms with van der Waals surface area (Å²) < 4.78 is 0. The van der Waals surface area contributed by atoms with Crippen molar-refractivity contribution in [3.8, 4) is 6.07 Å². The molecule has 0 saturated heterocycles. The van der Waals surface area contributed by atoms with Crippen molar-refractivity contribution in [2.24, 2.45) is 11.3 Å². The zero-order valence-electron chi connectivity index (χ0n) is 14.2. The molecule has 0 aromatic carbocycles. The highest BCUT2D eigenvalue weighted by Crippen LogP contribution is 2.43. The summed E-state index contributed by atoms with van der Waals surface area (Å²) >= 11 is 0. The zero-order chi connectivity index (χ0) is 15.6. The lowest BCUT2D eigenvalue weighted by atomic mass is 9.67. The van der Waals surface area contributed by atoms with Crippen LogP contribution in [0.2, 0.25) is 0 Å². The van der Waals surface area contributed by atoms with Gasteiger partial charge in [0, 0.05) is 0 Å². The van der Waals surface area contributed by atoms with Crippen LogP contribution >= 0.6 is 0 Å². The standard InChI is InChI=1S/C19H35NO/c1-3-5-6-7-8-9-10-11-18(21)19(16-20)14-12-17(4-2)13-15-19/h17-18,21H,3-15H2,1-2H3. The predicted molar refractivity (Wildman–Crippen MR) is 88.9 cm³/mol. The number of hydrogen-bond acceptors (Lipinski definition) is 2. The fraction of sp³-hybridized carbons (Fsp3) is 0.947. The van der Waals surface area contributed by atoms with Crippen LogP contribution in [0.25, 0.3) is 0 Å². The second kappa shape index (κ2) is 10.2. The smallest absolute Gasteiger partial charge is 0.0832 e. The molecule has 1 saturated carbocycles. The largest absolute Gasteiger partial charge is 0.391 e. The molecule has 0 radical (unpaired) electrons. The molecule has 2 nitrogen and oxygen atoms in total. The van der Waals surface area contributed by atoms with Gasteiger partial charge >= 0.3 is 0 Å². The first-order valence-corrected chi connectivity index (χ1v) is 9.27. The van der Waals surface area contributed by atoms with Gasteiger partial charge in [-0.2, -0.15) is 5.26 Å². The van der Waals surface area contributed by atoms with Gasteiger partial charge in [-0.15, -0.1) is 0 Å². The second-order valence-corrected chi connectivity index (χ2v) is 7.05. The molecular weight excluding hydrogens is 258 g/mol. The van der Waals surface area contributed by atoms with E-state index < -0.39 is 11.5 Å². The molecule has 1 fully saturated rings. The Morgan fingerprint density at radius 3 is 2.14 bits per heavy atom. The van der Waals surface area contributed by atoms with Gasteiger partial charge in [0.15, 0.2) is 0 Å². The SMILES string of the molecule is CCCCCCCCCC(O)C1(C#N)CCC(CC)CC1. The molecule has 0 bridgehead atoms. The quantitative estimate of drug-likeness (QED) is 0.533. The fourth-order valence-corrected chi connectivity index (χ4v) is 3.69. The minimum absolute atomic E-state index is 0.407. The molecule has 2 heteroatoms. The third kappa shape index (κ3) is 5.99. The van der Waals surface area contributed by atoms with E-state index in [0.29, 0.717) is 0 Å². The summed E-state index contributed by atoms with van der Waals surface area (Å²) in [5, 5.41) is 20.1. The average molecular weight is 293 g/mol. The zero-order valence-corrected chi connectivity index (χ0v) is 14.2. The maximum absolute atomic E-state index is 10.5. The van der Waals surface area contributed by atoms with Crippen molar-refractivity contribution >= 4 is 0 Å². The van der Waals surface area contributed by atoms with Gasteiger partial charge in [-0.1, -0.05) is 65.2 Å². The average Bonchev–Trinajstić information content (AvgIpc) is 2.53. The van der Waals surface area contributed by atoms with Gasteiger partial charge in [0.05, 0.1) is 17.6 Å². The Hall–Kier alpha value is -0.550. The van der Waals surface area contributed by atoms with Gasteiger partial charge < -0.3 is 5.11 Å². The van der Waals surface area contributed by atoms with E-state index in [1.54, 1.807) is 0 Å². The van der Waals surface area contributed by atoms with E-state index in [2.05, 4.69) is 19.9 Å². The predicted octanol–water partition coefficient (Wildman–Crippen LogP) is 5.60. The topological polar surface area (TPSA) is 44.0 Å². The minimum atomic E-state index is -0.437. The number of hydrogen-bond donors (Lipinski definition) is 1. The molecule has 1 N–H and O–H groups in total. The van der Waals surface area contributed by atoms with E-state index in [-0.39, 0.29) is 0 Å². The summed E-state index contributed by atoms with van der Waals surface area (Å²) in [5.41, 5.74) is -0.437. The minimum Gasteiger partial charge on any atom is -0.391 e. The molecule has 0 heterocycles. The highest BCUT2D eigenvalue weighted by molar-refractivity contribution is 5.05. The van der Waals surface area contributed by atoms with Crippen molar-refractivity contribution in [3.05, 3.63) is 0 Å². The Bertz CT molecular complexity index is 299. The molecule has 0 aromatic rings. The first-order valence-electron chi connectivity index (χ1n) is 9.27. The number of aliphatic hydroxyl groups is 1. The molecule has 21 heavy (non-hydrogen) atoms. The lowest BCUT2D eigenvalue weighted by molar-refractivity contribution is 0.0182. The number of nitriles is 1. The number of unbranched alkanes of at least 4 members (excludes halogenated alkanes) is 6. The van der Waals surface area contributed by atoms with Gasteiger partial charge in [-0.3, -0.25) is 0 Å². The van der Waals surface area contributed by atoms with Crippen molar-refractivity contribution in [2.75, 3.05) is 0 Å². The van der Waals surface area contributed by atoms with Crippen LogP contribution in [-0.2, 0) is 0 Å². The van der Waals surface area contributed by atoms with Crippen molar-refractivity contribution < 1.29 is 5.11 Å². The maximum Gasteiger partial charge on any atom is 0.0832 e. The highest BCUT2D eigenvalue weighted by Gasteiger charge is 2.40. The lowest BCUT2D eigenvalue weighted by Gasteiger charge is -2.38. The summed E-state index contributed by atoms with van der Waals surface area (Å²) in [6, 6.07) is 2.48. The third-order valence-electron chi connectivity index (χ3n) is 5.52. The first-order chi connectivity index (χ1) is 10.2. The molecular formula is C19H35NO. The third-order valence-corrected chi connectivity index (χ3v) is 5.52. The van der Waals surface area contributed by atoms with Crippen LogP contribution in [0.3, 0.4) is 0 Å². The van der Waals surface area contributed by atoms with E-state index in [1.165, 1.54) is 44.9 Å². The van der Waals surface area contributed by atoms with Gasteiger partial charge in [0.25, 0.3) is 0 Å². The van der Waals surface area contributed by atoms with Crippen LogP contribution in [0.15, 0.2) is 0 Å². The molecule has 0 aromatic heterocycles. The van der Waals surface area contributed by atoms with Gasteiger partial charge in [0.1, 0.15) is 0 Å². The van der Waals surface area contributed by atoms with E-state index in [1.807, 2.05) is 0 Å². The summed E-state index contributed by atoms with van der Waals surface area (Å²) in [7, 11) is 0. The fourth-order valence-electron chi connectivity index (χ4n) is 3.69. The maximum atomic E-state index is 10.5. The normalized spacial score (nSPS) is 27.2. The van der Waals surface area contributed by atoms with Crippen LogP contribution in [0.4, 0.5) is 0 Å². The second-order valence-electron chi connectivity index (χ2n) is 7.05. The van der Waals surface area contributed by atoms with Crippen LogP contribution in [-0.4, -0.2) is 11.2 Å². The number of aliphatic hydroxyl groups excluding tert-OH is 1. The molecule has 1 atom stereocenters. The Labute approximate surface area is 131 Å². The Balaban J connectivity index is 2.23. The first kappa shape index (κ1) is 18.5. The molecule has 122 valence electrons. The molecule has 1 unspecified atom stereocenters. The Kier molecular flexibility index (Phi) is 9.00. The summed E-state index contributed by atoms with van der Waals surface area (Å²) in [6.07, 6.45) is 14.6. The van der Waals surface area contributed by atoms with Crippen molar-refractivity contribution in [1.29, 1.82) is 5.26 Å². The van der Waals surface area contributed by atoms with Crippen LogP contribution in [0.1, 0.15) is 97.3 Å². The monoisotopic (exact) mass is 293 g/mol. The Morgan fingerprint density at radius 1 is 1.05 bits per heavy atom. The molecule has 0 spiro atoms. The molecule has 0 amide bonds. The van der Waals surface area contributed by atoms with E-state index in [0.717, 1.165) is 44.4 Å². The molecule has 0 aliphatic heterocycles. The van der Waals surface area contributed by atoms with Crippen LogP contribution < -0.4 is 0 Å². The van der Waals surface area contributed by atoms with E-state index >= 15 is 0 Å². The lowest BCUT2D eigenvalue weighted by Crippen LogP contribution is -2.37. The number of rotatable bonds is 10. The van der Waals surface area contributed by atoms with Gasteiger partial charge in [-0.25, -0.2) is 0 Å². The molecule has 1 aliphatic rings. The summed E-state index contributed by atoms with van der Waals surface area (Å²) in [4.78, 5) is 0. The molecule has 1 rings (SSSR count). The highest BCUT2D eigenvalue weighted by atomic mass is 16.3. The van der Waals surface area contributed by atoms with E-state index in [4.69, 9.17) is 0 Å². The summed E-state index contributed by atoms with van der Waals surface area (Å²) in [6.45, 7) is 4.48. The van der Waals surface area contributed by atoms with Crippen LogP contribution in [0, 0.1) is 22.7 Å². The summed E-state index contributed by atoms with van der Waals surface area (Å²) in [5.74, 6) is 0.775. The number of nitrogens with zero attached hydrogens (tertiary/aromatic N) is 1. The van der Waals surface area contributed by atoms with Gasteiger partial charge in [0.2, 0.25) is 0 Å². The van der Waals surface area contributed by atoms with Crippen molar-refractivity contribution in [1.82, 2.24) is 0 Å². The van der Waals surface area contributed by atoms with Crippen molar-refractivity contribution in [3.63, 3.8) is 0 Å². The Morgan fingerprint density at radius 2 is 1.62 bits per heavy atom. The van der Waals surface area contributed by atoms with E-state index in [9.17, 15) is 10.4 Å².